The molecule has 0 saturated carbocycles. The van der Waals surface area contributed by atoms with E-state index < -0.39 is 30.7 Å². The molecular formula is C19H19BF3N3O3. The lowest BCUT2D eigenvalue weighted by atomic mass is 9.75. The maximum Gasteiger partial charge on any atom is 0.475 e. The number of carbonyl (C=O) groups excluding carboxylic acids is 1. The predicted octanol–water partition coefficient (Wildman–Crippen LogP) is 2.18. The molecule has 0 bridgehead atoms. The Balaban J connectivity index is 1.62. The van der Waals surface area contributed by atoms with E-state index in [0.717, 1.165) is 23.2 Å². The number of imidazole rings is 1. The van der Waals surface area contributed by atoms with Crippen molar-refractivity contribution >= 4 is 24.1 Å². The van der Waals surface area contributed by atoms with Crippen LogP contribution in [-0.4, -0.2) is 38.6 Å². The van der Waals surface area contributed by atoms with Crippen molar-refractivity contribution in [1.82, 2.24) is 14.9 Å². The van der Waals surface area contributed by atoms with Gasteiger partial charge in [-0.15, -0.1) is 0 Å². The molecular weight excluding hydrogens is 386 g/mol. The van der Waals surface area contributed by atoms with E-state index in [1.807, 2.05) is 24.3 Å². The number of fused-ring (bicyclic) bond motifs is 1. The van der Waals surface area contributed by atoms with Gasteiger partial charge in [-0.25, -0.2) is 4.98 Å². The first kappa shape index (κ1) is 20.9. The number of nitrogens with one attached hydrogen (secondary N) is 1. The zero-order valence-electron chi connectivity index (χ0n) is 15.3. The molecule has 0 fully saturated rings. The van der Waals surface area contributed by atoms with Crippen LogP contribution >= 0.6 is 0 Å². The molecule has 0 aliphatic rings. The summed E-state index contributed by atoms with van der Waals surface area (Å²) in [4.78, 5) is 16.5. The van der Waals surface area contributed by atoms with Gasteiger partial charge in [0.2, 0.25) is 5.91 Å². The van der Waals surface area contributed by atoms with E-state index in [0.29, 0.717) is 6.54 Å². The molecule has 0 aliphatic heterocycles. The number of carbonyl (C=O) groups is 1. The molecule has 0 saturated heterocycles. The fraction of sp³-hybridized carbons (Fsp3) is 0.263. The minimum atomic E-state index is -4.50. The first-order chi connectivity index (χ1) is 13.7. The highest BCUT2D eigenvalue weighted by Gasteiger charge is 2.31. The molecule has 3 aromatic rings. The average Bonchev–Trinajstić information content (AvgIpc) is 3.08. The van der Waals surface area contributed by atoms with Crippen LogP contribution in [0.15, 0.2) is 54.9 Å². The van der Waals surface area contributed by atoms with Crippen LogP contribution in [0.1, 0.15) is 17.5 Å². The van der Waals surface area contributed by atoms with Crippen LogP contribution in [0.2, 0.25) is 0 Å². The third kappa shape index (κ3) is 5.36. The lowest BCUT2D eigenvalue weighted by molar-refractivity contribution is -0.137. The Morgan fingerprint density at radius 2 is 1.93 bits per heavy atom. The number of para-hydroxylation sites is 2. The summed E-state index contributed by atoms with van der Waals surface area (Å²) in [5.74, 6) is -1.58. The summed E-state index contributed by atoms with van der Waals surface area (Å²) in [6.45, 7) is 0.324. The highest BCUT2D eigenvalue weighted by atomic mass is 19.4. The summed E-state index contributed by atoms with van der Waals surface area (Å²) in [5, 5.41) is 21.6. The Hall–Kier alpha value is -2.85. The van der Waals surface area contributed by atoms with Crippen molar-refractivity contribution in [3.63, 3.8) is 0 Å². The molecule has 1 atom stereocenters. The van der Waals surface area contributed by atoms with Gasteiger partial charge in [0.15, 0.2) is 0 Å². The fourth-order valence-electron chi connectivity index (χ4n) is 3.05. The second-order valence-corrected chi connectivity index (χ2v) is 6.67. The average molecular weight is 405 g/mol. The van der Waals surface area contributed by atoms with Gasteiger partial charge in [0.05, 0.1) is 28.9 Å². The van der Waals surface area contributed by atoms with Gasteiger partial charge < -0.3 is 19.9 Å². The minimum absolute atomic E-state index is 0.0478. The van der Waals surface area contributed by atoms with Crippen LogP contribution < -0.4 is 5.32 Å². The largest absolute Gasteiger partial charge is 0.475 e. The summed E-state index contributed by atoms with van der Waals surface area (Å²) in [7, 11) is -1.91. The minimum Gasteiger partial charge on any atom is -0.426 e. The van der Waals surface area contributed by atoms with E-state index in [1.165, 1.54) is 12.1 Å². The summed E-state index contributed by atoms with van der Waals surface area (Å²) in [6.07, 6.45) is -2.99. The maximum absolute atomic E-state index is 12.8. The number of amides is 1. The second kappa shape index (κ2) is 8.67. The highest BCUT2D eigenvalue weighted by Crippen LogP contribution is 2.29. The van der Waals surface area contributed by atoms with Gasteiger partial charge in [0.1, 0.15) is 0 Å². The van der Waals surface area contributed by atoms with Gasteiger partial charge in [0.25, 0.3) is 0 Å². The zero-order chi connectivity index (χ0) is 21.0. The number of aryl methyl sites for hydroxylation is 1. The topological polar surface area (TPSA) is 87.4 Å². The number of rotatable bonds is 7. The number of hydrogen-bond donors (Lipinski definition) is 3. The third-order valence-electron chi connectivity index (χ3n) is 4.52. The smallest absolute Gasteiger partial charge is 0.426 e. The molecule has 3 N–H and O–H groups in total. The quantitative estimate of drug-likeness (QED) is 0.526. The van der Waals surface area contributed by atoms with E-state index in [4.69, 9.17) is 0 Å². The maximum atomic E-state index is 12.8. The third-order valence-corrected chi connectivity index (χ3v) is 4.52. The van der Waals surface area contributed by atoms with Crippen molar-refractivity contribution in [2.45, 2.75) is 31.5 Å². The first-order valence-electron chi connectivity index (χ1n) is 8.95. The van der Waals surface area contributed by atoms with Gasteiger partial charge in [-0.1, -0.05) is 30.3 Å². The van der Waals surface area contributed by atoms with E-state index in [1.54, 1.807) is 10.9 Å². The number of nitrogens with zero attached hydrogens (tertiary/aromatic N) is 2. The second-order valence-electron chi connectivity index (χ2n) is 6.67. The lowest BCUT2D eigenvalue weighted by Gasteiger charge is -2.19. The van der Waals surface area contributed by atoms with E-state index >= 15 is 0 Å². The predicted molar refractivity (Wildman–Crippen MR) is 102 cm³/mol. The van der Waals surface area contributed by atoms with Crippen LogP contribution in [0.25, 0.3) is 11.0 Å². The number of aromatic nitrogens is 2. The highest BCUT2D eigenvalue weighted by molar-refractivity contribution is 6.43. The van der Waals surface area contributed by atoms with E-state index in [9.17, 15) is 28.0 Å². The van der Waals surface area contributed by atoms with Gasteiger partial charge in [-0.3, -0.25) is 4.79 Å². The molecule has 10 heteroatoms. The Kier molecular flexibility index (Phi) is 6.24. The number of benzene rings is 2. The van der Waals surface area contributed by atoms with Gasteiger partial charge >= 0.3 is 13.3 Å². The zero-order valence-corrected chi connectivity index (χ0v) is 15.3. The van der Waals surface area contributed by atoms with Crippen molar-refractivity contribution in [1.29, 1.82) is 0 Å². The van der Waals surface area contributed by atoms with Gasteiger partial charge in [-0.2, -0.15) is 13.2 Å². The Morgan fingerprint density at radius 1 is 1.17 bits per heavy atom. The van der Waals surface area contributed by atoms with Gasteiger partial charge in [-0.05, 0) is 30.2 Å². The molecule has 0 spiro atoms. The fourth-order valence-corrected chi connectivity index (χ4v) is 3.05. The molecule has 0 radical (unpaired) electrons. The van der Waals surface area contributed by atoms with Crippen molar-refractivity contribution in [2.24, 2.45) is 0 Å². The Morgan fingerprint density at radius 3 is 2.66 bits per heavy atom. The SMILES string of the molecule is O=C(CCn1cnc2ccccc21)N[C@@H](Cc1cccc(C(F)(F)F)c1)B(O)O. The van der Waals surface area contributed by atoms with Crippen LogP contribution in [0.5, 0.6) is 0 Å². The Bertz CT molecular complexity index is 991. The Labute approximate surface area is 165 Å². The molecule has 1 amide bonds. The van der Waals surface area contributed by atoms with Crippen LogP contribution in [-0.2, 0) is 23.9 Å². The van der Waals surface area contributed by atoms with Crippen molar-refractivity contribution in [3.05, 3.63) is 66.0 Å². The number of halogens is 3. The summed E-state index contributed by atoms with van der Waals surface area (Å²) in [6, 6.07) is 12.0. The van der Waals surface area contributed by atoms with Crippen molar-refractivity contribution in [3.8, 4) is 0 Å². The molecule has 1 aromatic heterocycles. The molecule has 3 rings (SSSR count). The summed E-state index contributed by atoms with van der Waals surface area (Å²) in [5.41, 5.74) is 1.06. The van der Waals surface area contributed by atoms with Crippen LogP contribution in [0, 0.1) is 0 Å². The van der Waals surface area contributed by atoms with Crippen LogP contribution in [0.3, 0.4) is 0 Å². The van der Waals surface area contributed by atoms with Crippen LogP contribution in [0.4, 0.5) is 13.2 Å². The van der Waals surface area contributed by atoms with E-state index in [2.05, 4.69) is 10.3 Å². The van der Waals surface area contributed by atoms with E-state index in [-0.39, 0.29) is 18.4 Å². The standard InChI is InChI=1S/C19H19BF3N3O3/c21-19(22,23)14-5-3-4-13(10-14)11-17(20(28)29)25-18(27)8-9-26-12-24-15-6-1-2-7-16(15)26/h1-7,10,12,17,28-29H,8-9,11H2,(H,25,27)/t17-/m0/s1. The summed E-state index contributed by atoms with van der Waals surface area (Å²) < 4.78 is 40.3. The number of alkyl halides is 3. The van der Waals surface area contributed by atoms with Crippen molar-refractivity contribution < 1.29 is 28.0 Å². The van der Waals surface area contributed by atoms with Crippen molar-refractivity contribution in [2.75, 3.05) is 0 Å². The molecule has 152 valence electrons. The molecule has 29 heavy (non-hydrogen) atoms. The van der Waals surface area contributed by atoms with Gasteiger partial charge in [0, 0.05) is 13.0 Å². The molecule has 2 aromatic carbocycles. The molecule has 6 nitrogen and oxygen atoms in total. The molecule has 1 heterocycles. The normalized spacial score (nSPS) is 12.7. The molecule has 0 unspecified atom stereocenters. The lowest BCUT2D eigenvalue weighted by Crippen LogP contribution is -2.48. The monoisotopic (exact) mass is 405 g/mol. The summed E-state index contributed by atoms with van der Waals surface area (Å²) >= 11 is 0. The number of hydrogen-bond acceptors (Lipinski definition) is 4. The molecule has 0 aliphatic carbocycles. The first-order valence-corrected chi connectivity index (χ1v) is 8.95.